The fourth-order valence-corrected chi connectivity index (χ4v) is 1.22. The molecule has 5 N–H and O–H groups in total. The average Bonchev–Trinajstić information content (AvgIpc) is 2.25. The molecule has 2 amide bonds. The summed E-state index contributed by atoms with van der Waals surface area (Å²) in [7, 11) is 0. The Kier molecular flexibility index (Phi) is 3.90. The van der Waals surface area contributed by atoms with E-state index in [0.717, 1.165) is 12.1 Å². The predicted molar refractivity (Wildman–Crippen MR) is 66.1 cm³/mol. The van der Waals surface area contributed by atoms with Gasteiger partial charge in [0.1, 0.15) is 5.82 Å². The first kappa shape index (κ1) is 14.0. The maximum absolute atomic E-state index is 12.8. The number of benzene rings is 1. The molecule has 0 aromatic heterocycles. The second-order valence-electron chi connectivity index (χ2n) is 4.66. The number of nitrogen functional groups attached to an aromatic ring is 1. The average molecular weight is 253 g/mol. The highest BCUT2D eigenvalue weighted by molar-refractivity contribution is 5.99. The van der Waals surface area contributed by atoms with E-state index in [4.69, 9.17) is 11.5 Å². The molecule has 0 heterocycles. The van der Waals surface area contributed by atoms with Crippen molar-refractivity contribution in [3.05, 3.63) is 29.6 Å². The highest BCUT2D eigenvalue weighted by Gasteiger charge is 2.25. The van der Waals surface area contributed by atoms with Gasteiger partial charge in [0, 0.05) is 12.2 Å². The van der Waals surface area contributed by atoms with Gasteiger partial charge in [-0.05, 0) is 32.0 Å². The van der Waals surface area contributed by atoms with Crippen LogP contribution in [0, 0.1) is 11.2 Å². The zero-order chi connectivity index (χ0) is 13.9. The number of rotatable bonds is 4. The van der Waals surface area contributed by atoms with Crippen molar-refractivity contribution in [2.75, 3.05) is 12.3 Å². The van der Waals surface area contributed by atoms with Crippen molar-refractivity contribution in [3.63, 3.8) is 0 Å². The van der Waals surface area contributed by atoms with Crippen LogP contribution in [-0.4, -0.2) is 18.4 Å². The summed E-state index contributed by atoms with van der Waals surface area (Å²) < 4.78 is 12.8. The number of carbonyl (C=O) groups excluding carboxylic acids is 2. The minimum Gasteiger partial charge on any atom is -0.398 e. The summed E-state index contributed by atoms with van der Waals surface area (Å²) in [5.41, 5.74) is 10.1. The number of carbonyl (C=O) groups is 2. The smallest absolute Gasteiger partial charge is 0.253 e. The fourth-order valence-electron chi connectivity index (χ4n) is 1.22. The van der Waals surface area contributed by atoms with Gasteiger partial charge in [-0.15, -0.1) is 0 Å². The summed E-state index contributed by atoms with van der Waals surface area (Å²) >= 11 is 0. The van der Waals surface area contributed by atoms with Crippen LogP contribution in [0.25, 0.3) is 0 Å². The zero-order valence-corrected chi connectivity index (χ0v) is 10.3. The van der Waals surface area contributed by atoms with Crippen LogP contribution in [0.4, 0.5) is 10.1 Å². The molecular weight excluding hydrogens is 237 g/mol. The van der Waals surface area contributed by atoms with E-state index in [2.05, 4.69) is 5.32 Å². The van der Waals surface area contributed by atoms with Crippen molar-refractivity contribution in [2.45, 2.75) is 13.8 Å². The first-order chi connectivity index (χ1) is 8.24. The van der Waals surface area contributed by atoms with Crippen molar-refractivity contribution in [3.8, 4) is 0 Å². The molecule has 0 aliphatic carbocycles. The highest BCUT2D eigenvalue weighted by Crippen LogP contribution is 2.15. The molecule has 0 saturated heterocycles. The number of nitrogens with two attached hydrogens (primary N) is 2. The van der Waals surface area contributed by atoms with Crippen LogP contribution in [-0.2, 0) is 4.79 Å². The molecule has 98 valence electrons. The summed E-state index contributed by atoms with van der Waals surface area (Å²) in [5, 5.41) is 2.54. The molecule has 0 aliphatic rings. The molecule has 0 saturated carbocycles. The topological polar surface area (TPSA) is 98.2 Å². The van der Waals surface area contributed by atoms with Gasteiger partial charge in [0.15, 0.2) is 0 Å². The van der Waals surface area contributed by atoms with E-state index in [1.807, 2.05) is 0 Å². The molecule has 18 heavy (non-hydrogen) atoms. The van der Waals surface area contributed by atoms with Crippen LogP contribution >= 0.6 is 0 Å². The number of hydrogen-bond acceptors (Lipinski definition) is 3. The van der Waals surface area contributed by atoms with Crippen molar-refractivity contribution < 1.29 is 14.0 Å². The number of hydrogen-bond donors (Lipinski definition) is 3. The van der Waals surface area contributed by atoms with E-state index in [9.17, 15) is 14.0 Å². The molecule has 1 rings (SSSR count). The van der Waals surface area contributed by atoms with Crippen molar-refractivity contribution in [2.24, 2.45) is 11.1 Å². The molecule has 0 fully saturated rings. The molecule has 1 aromatic carbocycles. The third-order valence-electron chi connectivity index (χ3n) is 2.62. The third kappa shape index (κ3) is 3.19. The standard InChI is InChI=1S/C12H16FN3O2/c1-12(2,11(15)18)6-16-10(17)8-4-3-7(13)5-9(8)14/h3-5H,6,14H2,1-2H3,(H2,15,18)(H,16,17). The van der Waals surface area contributed by atoms with E-state index in [1.165, 1.54) is 6.07 Å². The van der Waals surface area contributed by atoms with Crippen LogP contribution in [0.1, 0.15) is 24.2 Å². The first-order valence-corrected chi connectivity index (χ1v) is 5.37. The van der Waals surface area contributed by atoms with E-state index in [-0.39, 0.29) is 17.8 Å². The lowest BCUT2D eigenvalue weighted by molar-refractivity contribution is -0.125. The van der Waals surface area contributed by atoms with Gasteiger partial charge in [0.2, 0.25) is 5.91 Å². The number of primary amides is 1. The third-order valence-corrected chi connectivity index (χ3v) is 2.62. The first-order valence-electron chi connectivity index (χ1n) is 5.37. The lowest BCUT2D eigenvalue weighted by Gasteiger charge is -2.20. The second-order valence-corrected chi connectivity index (χ2v) is 4.66. The minimum atomic E-state index is -0.857. The van der Waals surface area contributed by atoms with E-state index in [0.29, 0.717) is 0 Å². The molecule has 0 radical (unpaired) electrons. The molecule has 0 spiro atoms. The Morgan fingerprint density at radius 3 is 2.50 bits per heavy atom. The molecular formula is C12H16FN3O2. The number of halogens is 1. The molecule has 6 heteroatoms. The molecule has 5 nitrogen and oxygen atoms in total. The van der Waals surface area contributed by atoms with Gasteiger partial charge in [-0.25, -0.2) is 4.39 Å². The molecule has 1 aromatic rings. The maximum atomic E-state index is 12.8. The lowest BCUT2D eigenvalue weighted by Crippen LogP contribution is -2.42. The van der Waals surface area contributed by atoms with Gasteiger partial charge in [0.25, 0.3) is 5.91 Å². The number of amides is 2. The predicted octanol–water partition coefficient (Wildman–Crippen LogP) is 0.649. The van der Waals surface area contributed by atoms with Gasteiger partial charge in [-0.1, -0.05) is 0 Å². The Morgan fingerprint density at radius 2 is 2.00 bits per heavy atom. The Morgan fingerprint density at radius 1 is 1.39 bits per heavy atom. The summed E-state index contributed by atoms with van der Waals surface area (Å²) in [6.45, 7) is 3.31. The number of anilines is 1. The second kappa shape index (κ2) is 5.03. The minimum absolute atomic E-state index is 0.0457. The molecule has 0 bridgehead atoms. The molecule has 0 aliphatic heterocycles. The van der Waals surface area contributed by atoms with E-state index >= 15 is 0 Å². The van der Waals surface area contributed by atoms with Crippen LogP contribution < -0.4 is 16.8 Å². The quantitative estimate of drug-likeness (QED) is 0.687. The fraction of sp³-hybridized carbons (Fsp3) is 0.333. The van der Waals surface area contributed by atoms with Crippen LogP contribution in [0.3, 0.4) is 0 Å². The SMILES string of the molecule is CC(C)(CNC(=O)c1ccc(F)cc1N)C(N)=O. The van der Waals surface area contributed by atoms with Gasteiger partial charge >= 0.3 is 0 Å². The van der Waals surface area contributed by atoms with Crippen LogP contribution in [0.5, 0.6) is 0 Å². The van der Waals surface area contributed by atoms with Crippen molar-refractivity contribution in [1.82, 2.24) is 5.32 Å². The van der Waals surface area contributed by atoms with Gasteiger partial charge in [-0.2, -0.15) is 0 Å². The van der Waals surface area contributed by atoms with Crippen LogP contribution in [0.15, 0.2) is 18.2 Å². The summed E-state index contributed by atoms with van der Waals surface area (Å²) in [6, 6.07) is 3.50. The van der Waals surface area contributed by atoms with Gasteiger partial charge in [-0.3, -0.25) is 9.59 Å². The number of nitrogens with one attached hydrogen (secondary N) is 1. The van der Waals surface area contributed by atoms with Crippen LogP contribution in [0.2, 0.25) is 0 Å². The summed E-state index contributed by atoms with van der Waals surface area (Å²) in [4.78, 5) is 22.9. The van der Waals surface area contributed by atoms with Crippen molar-refractivity contribution >= 4 is 17.5 Å². The van der Waals surface area contributed by atoms with E-state index < -0.39 is 23.0 Å². The summed E-state index contributed by atoms with van der Waals surface area (Å²) in [5.74, 6) is -1.50. The van der Waals surface area contributed by atoms with E-state index in [1.54, 1.807) is 13.8 Å². The Bertz CT molecular complexity index is 486. The maximum Gasteiger partial charge on any atom is 0.253 e. The lowest BCUT2D eigenvalue weighted by atomic mass is 9.92. The Hall–Kier alpha value is -2.11. The monoisotopic (exact) mass is 253 g/mol. The summed E-state index contributed by atoms with van der Waals surface area (Å²) in [6.07, 6.45) is 0. The Balaban J connectivity index is 2.75. The van der Waals surface area contributed by atoms with Gasteiger partial charge in [0.05, 0.1) is 11.0 Å². The molecule has 0 atom stereocenters. The molecule has 0 unspecified atom stereocenters. The largest absolute Gasteiger partial charge is 0.398 e. The van der Waals surface area contributed by atoms with Crippen molar-refractivity contribution in [1.29, 1.82) is 0 Å². The normalized spacial score (nSPS) is 11.1. The van der Waals surface area contributed by atoms with Gasteiger partial charge < -0.3 is 16.8 Å². The highest BCUT2D eigenvalue weighted by atomic mass is 19.1. The Labute approximate surface area is 104 Å². The zero-order valence-electron chi connectivity index (χ0n) is 10.3.